The van der Waals surface area contributed by atoms with Crippen molar-refractivity contribution in [1.82, 2.24) is 10.3 Å². The molecule has 0 spiro atoms. The van der Waals surface area contributed by atoms with Crippen molar-refractivity contribution in [2.24, 2.45) is 17.8 Å². The highest BCUT2D eigenvalue weighted by molar-refractivity contribution is 5.22. The van der Waals surface area contributed by atoms with Crippen molar-refractivity contribution in [3.8, 4) is 0 Å². The minimum atomic E-state index is -0.153. The quantitative estimate of drug-likeness (QED) is 0.875. The third-order valence-electron chi connectivity index (χ3n) is 4.86. The van der Waals surface area contributed by atoms with Gasteiger partial charge in [0.2, 0.25) is 0 Å². The third kappa shape index (κ3) is 2.53. The second-order valence-corrected chi connectivity index (χ2v) is 6.02. The molecule has 0 aromatic carbocycles. The fourth-order valence-corrected chi connectivity index (χ4v) is 3.93. The van der Waals surface area contributed by atoms with Crippen LogP contribution in [0.3, 0.4) is 0 Å². The Kier molecular flexibility index (Phi) is 3.83. The van der Waals surface area contributed by atoms with Crippen molar-refractivity contribution in [2.45, 2.75) is 45.1 Å². The van der Waals surface area contributed by atoms with Crippen LogP contribution in [-0.2, 0) is 0 Å². The largest absolute Gasteiger partial charge is 0.310 e. The molecule has 0 aliphatic heterocycles. The Morgan fingerprint density at radius 3 is 2.74 bits per heavy atom. The van der Waals surface area contributed by atoms with Crippen LogP contribution in [0.4, 0.5) is 4.39 Å². The van der Waals surface area contributed by atoms with Crippen molar-refractivity contribution < 1.29 is 4.39 Å². The average molecular weight is 262 g/mol. The van der Waals surface area contributed by atoms with Crippen LogP contribution in [0.25, 0.3) is 0 Å². The summed E-state index contributed by atoms with van der Waals surface area (Å²) in [6.45, 7) is 3.12. The molecule has 3 rings (SSSR count). The van der Waals surface area contributed by atoms with Crippen LogP contribution in [0.2, 0.25) is 0 Å². The van der Waals surface area contributed by atoms with Crippen molar-refractivity contribution >= 4 is 0 Å². The van der Waals surface area contributed by atoms with Crippen LogP contribution in [0.5, 0.6) is 0 Å². The minimum Gasteiger partial charge on any atom is -0.310 e. The highest BCUT2D eigenvalue weighted by Gasteiger charge is 2.54. The summed E-state index contributed by atoms with van der Waals surface area (Å²) in [5.74, 6) is 2.15. The van der Waals surface area contributed by atoms with Crippen molar-refractivity contribution in [1.29, 1.82) is 0 Å². The topological polar surface area (TPSA) is 24.9 Å². The molecule has 104 valence electrons. The molecule has 19 heavy (non-hydrogen) atoms. The van der Waals surface area contributed by atoms with Crippen LogP contribution < -0.4 is 5.32 Å². The van der Waals surface area contributed by atoms with Crippen LogP contribution >= 0.6 is 0 Å². The van der Waals surface area contributed by atoms with Gasteiger partial charge in [0.05, 0.1) is 6.20 Å². The zero-order valence-corrected chi connectivity index (χ0v) is 11.6. The van der Waals surface area contributed by atoms with Gasteiger partial charge in [0, 0.05) is 17.8 Å². The highest BCUT2D eigenvalue weighted by atomic mass is 19.1. The van der Waals surface area contributed by atoms with Gasteiger partial charge in [0.1, 0.15) is 5.82 Å². The fourth-order valence-electron chi connectivity index (χ4n) is 3.93. The molecule has 2 nitrogen and oxygen atoms in total. The summed E-state index contributed by atoms with van der Waals surface area (Å²) in [6, 6.07) is 2.04. The maximum atomic E-state index is 14.0. The number of rotatable bonds is 5. The van der Waals surface area contributed by atoms with Gasteiger partial charge in [0.25, 0.3) is 0 Å². The van der Waals surface area contributed by atoms with Crippen molar-refractivity contribution in [3.63, 3.8) is 0 Å². The lowest BCUT2D eigenvalue weighted by atomic mass is 10.00. The van der Waals surface area contributed by atoms with Gasteiger partial charge in [-0.2, -0.15) is 0 Å². The molecule has 1 aromatic rings. The standard InChI is InChI=1S/C16H23FN2/c1-2-8-19-16(13-7-9-18-10-14(13)17)15-11-5-3-4-6-12(11)15/h7,9-12,15-16,19H,2-6,8H2,1H3. The maximum Gasteiger partial charge on any atom is 0.146 e. The molecule has 0 bridgehead atoms. The molecular weight excluding hydrogens is 239 g/mol. The lowest BCUT2D eigenvalue weighted by Gasteiger charge is -2.20. The number of hydrogen-bond donors (Lipinski definition) is 1. The summed E-state index contributed by atoms with van der Waals surface area (Å²) in [6.07, 6.45) is 9.55. The first kappa shape index (κ1) is 13.0. The number of aromatic nitrogens is 1. The Morgan fingerprint density at radius 1 is 1.37 bits per heavy atom. The molecule has 2 aliphatic carbocycles. The zero-order valence-electron chi connectivity index (χ0n) is 11.6. The van der Waals surface area contributed by atoms with Crippen molar-refractivity contribution in [2.75, 3.05) is 6.54 Å². The monoisotopic (exact) mass is 262 g/mol. The zero-order chi connectivity index (χ0) is 13.2. The second kappa shape index (κ2) is 5.58. The molecule has 3 atom stereocenters. The summed E-state index contributed by atoms with van der Waals surface area (Å²) >= 11 is 0. The average Bonchev–Trinajstić information content (AvgIpc) is 3.16. The van der Waals surface area contributed by atoms with Gasteiger partial charge in [-0.1, -0.05) is 19.8 Å². The summed E-state index contributed by atoms with van der Waals surface area (Å²) in [7, 11) is 0. The SMILES string of the molecule is CCCNC(c1ccncc1F)C1C2CCCCC21. The van der Waals surface area contributed by atoms with E-state index in [9.17, 15) is 4.39 Å². The van der Waals surface area contributed by atoms with Gasteiger partial charge >= 0.3 is 0 Å². The first-order valence-corrected chi connectivity index (χ1v) is 7.65. The first-order valence-electron chi connectivity index (χ1n) is 7.65. The summed E-state index contributed by atoms with van der Waals surface area (Å²) in [5, 5.41) is 3.58. The summed E-state index contributed by atoms with van der Waals surface area (Å²) in [5.41, 5.74) is 0.822. The van der Waals surface area contributed by atoms with E-state index in [-0.39, 0.29) is 11.9 Å². The predicted molar refractivity (Wildman–Crippen MR) is 74.2 cm³/mol. The fraction of sp³-hybridized carbons (Fsp3) is 0.688. The van der Waals surface area contributed by atoms with E-state index < -0.39 is 0 Å². The highest BCUT2D eigenvalue weighted by Crippen LogP contribution is 2.60. The number of fused-ring (bicyclic) bond motifs is 1. The van der Waals surface area contributed by atoms with Crippen molar-refractivity contribution in [3.05, 3.63) is 29.8 Å². The summed E-state index contributed by atoms with van der Waals surface area (Å²) in [4.78, 5) is 3.88. The van der Waals surface area contributed by atoms with Gasteiger partial charge in [-0.05, 0) is 49.6 Å². The molecule has 1 aromatic heterocycles. The van der Waals surface area contributed by atoms with E-state index in [1.165, 1.54) is 31.9 Å². The number of hydrogen-bond acceptors (Lipinski definition) is 2. The third-order valence-corrected chi connectivity index (χ3v) is 4.86. The smallest absolute Gasteiger partial charge is 0.146 e. The van der Waals surface area contributed by atoms with Crippen LogP contribution in [0, 0.1) is 23.6 Å². The Hall–Kier alpha value is -0.960. The molecule has 1 N–H and O–H groups in total. The lowest BCUT2D eigenvalue weighted by molar-refractivity contribution is 0.426. The summed E-state index contributed by atoms with van der Waals surface area (Å²) < 4.78 is 14.0. The molecule has 3 heteroatoms. The molecule has 2 aliphatic rings. The van der Waals surface area contributed by atoms with Gasteiger partial charge in [-0.15, -0.1) is 0 Å². The number of pyridine rings is 1. The van der Waals surface area contributed by atoms with Crippen LogP contribution in [0.1, 0.15) is 50.6 Å². The van der Waals surface area contributed by atoms with E-state index in [1.54, 1.807) is 6.20 Å². The minimum absolute atomic E-state index is 0.153. The number of nitrogens with zero attached hydrogens (tertiary/aromatic N) is 1. The Morgan fingerprint density at radius 2 is 2.11 bits per heavy atom. The normalized spacial score (nSPS) is 30.7. The van der Waals surface area contributed by atoms with E-state index in [2.05, 4.69) is 17.2 Å². The second-order valence-electron chi connectivity index (χ2n) is 6.02. The van der Waals surface area contributed by atoms with E-state index in [0.29, 0.717) is 5.92 Å². The molecular formula is C16H23FN2. The van der Waals surface area contributed by atoms with E-state index in [1.807, 2.05) is 6.07 Å². The Labute approximate surface area is 114 Å². The van der Waals surface area contributed by atoms with Crippen LogP contribution in [-0.4, -0.2) is 11.5 Å². The predicted octanol–water partition coefficient (Wildman–Crippen LogP) is 3.70. The van der Waals surface area contributed by atoms with Crippen LogP contribution in [0.15, 0.2) is 18.5 Å². The molecule has 3 unspecified atom stereocenters. The Bertz CT molecular complexity index is 423. The van der Waals surface area contributed by atoms with Gasteiger partial charge in [0.15, 0.2) is 0 Å². The molecule has 2 saturated carbocycles. The van der Waals surface area contributed by atoms with Gasteiger partial charge in [-0.25, -0.2) is 4.39 Å². The van der Waals surface area contributed by atoms with Gasteiger partial charge in [-0.3, -0.25) is 4.98 Å². The van der Waals surface area contributed by atoms with E-state index >= 15 is 0 Å². The molecule has 1 heterocycles. The molecule has 2 fully saturated rings. The van der Waals surface area contributed by atoms with E-state index in [4.69, 9.17) is 0 Å². The molecule has 0 saturated heterocycles. The number of nitrogens with one attached hydrogen (secondary N) is 1. The molecule has 0 radical (unpaired) electrons. The first-order chi connectivity index (χ1) is 9.33. The van der Waals surface area contributed by atoms with Gasteiger partial charge < -0.3 is 5.32 Å². The Balaban J connectivity index is 1.80. The lowest BCUT2D eigenvalue weighted by Crippen LogP contribution is -2.26. The maximum absolute atomic E-state index is 14.0. The number of halogens is 1. The molecule has 0 amide bonds. The van der Waals surface area contributed by atoms with E-state index in [0.717, 1.165) is 30.4 Å².